The van der Waals surface area contributed by atoms with E-state index in [-0.39, 0.29) is 18.2 Å². The van der Waals surface area contributed by atoms with Crippen LogP contribution in [0.1, 0.15) is 49.1 Å². The summed E-state index contributed by atoms with van der Waals surface area (Å²) in [5.41, 5.74) is 13.0. The van der Waals surface area contributed by atoms with Gasteiger partial charge in [-0.3, -0.25) is 9.59 Å². The van der Waals surface area contributed by atoms with Crippen LogP contribution in [0.5, 0.6) is 0 Å². The molecule has 0 unspecified atom stereocenters. The molecular weight excluding hydrogens is 344 g/mol. The number of amides is 2. The van der Waals surface area contributed by atoms with Gasteiger partial charge in [-0.1, -0.05) is 38.5 Å². The zero-order valence-electron chi connectivity index (χ0n) is 15.7. The Bertz CT molecular complexity index is 755. The van der Waals surface area contributed by atoms with Crippen molar-refractivity contribution in [1.82, 2.24) is 10.6 Å². The van der Waals surface area contributed by atoms with Crippen LogP contribution in [-0.2, 0) is 4.79 Å². The van der Waals surface area contributed by atoms with E-state index in [9.17, 15) is 9.59 Å². The monoisotopic (exact) mass is 372 g/mol. The molecule has 0 atom stereocenters. The number of carbonyl (C=O) groups excluding carboxylic acids is 2. The molecule has 27 heavy (non-hydrogen) atoms. The zero-order valence-corrected chi connectivity index (χ0v) is 15.7. The topological polar surface area (TPSA) is 123 Å². The Morgan fingerprint density at radius 1 is 0.963 bits per heavy atom. The fourth-order valence-corrected chi connectivity index (χ4v) is 2.74. The van der Waals surface area contributed by atoms with E-state index in [0.29, 0.717) is 22.7 Å². The van der Waals surface area contributed by atoms with Crippen LogP contribution < -0.4 is 22.1 Å². The van der Waals surface area contributed by atoms with Gasteiger partial charge < -0.3 is 26.5 Å². The maximum absolute atomic E-state index is 11.8. The minimum absolute atomic E-state index is 0.111. The molecule has 1 aromatic carbocycles. The molecule has 1 aromatic heterocycles. The second-order valence-corrected chi connectivity index (χ2v) is 6.48. The number of rotatable bonds is 4. The first-order valence-corrected chi connectivity index (χ1v) is 9.25. The van der Waals surface area contributed by atoms with E-state index < -0.39 is 5.91 Å². The molecular formula is C20H28N4O3. The van der Waals surface area contributed by atoms with Gasteiger partial charge in [-0.15, -0.1) is 0 Å². The van der Waals surface area contributed by atoms with E-state index in [1.807, 2.05) is 0 Å². The first-order valence-electron chi connectivity index (χ1n) is 9.25. The number of hydrogen-bond donors (Lipinski definition) is 4. The van der Waals surface area contributed by atoms with Crippen molar-refractivity contribution in [1.29, 1.82) is 0 Å². The molecule has 1 saturated carbocycles. The molecule has 1 aliphatic rings. The molecule has 1 aliphatic carbocycles. The van der Waals surface area contributed by atoms with Gasteiger partial charge in [-0.2, -0.15) is 0 Å². The Kier molecular flexibility index (Phi) is 7.73. The van der Waals surface area contributed by atoms with Crippen molar-refractivity contribution in [3.8, 4) is 11.3 Å². The molecule has 0 saturated heterocycles. The summed E-state index contributed by atoms with van der Waals surface area (Å²) < 4.78 is 5.45. The summed E-state index contributed by atoms with van der Waals surface area (Å²) in [5, 5.41) is 4.85. The van der Waals surface area contributed by atoms with Crippen LogP contribution >= 0.6 is 0 Å². The molecule has 1 heterocycles. The van der Waals surface area contributed by atoms with E-state index >= 15 is 0 Å². The van der Waals surface area contributed by atoms with Crippen molar-refractivity contribution in [2.45, 2.75) is 38.5 Å². The minimum Gasteiger partial charge on any atom is -0.451 e. The third-order valence-electron chi connectivity index (χ3n) is 4.39. The number of furan rings is 1. The van der Waals surface area contributed by atoms with Crippen molar-refractivity contribution < 1.29 is 14.0 Å². The fraction of sp³-hybridized carbons (Fsp3) is 0.400. The van der Waals surface area contributed by atoms with Crippen molar-refractivity contribution >= 4 is 23.2 Å². The number of benzene rings is 1. The van der Waals surface area contributed by atoms with Crippen molar-refractivity contribution in [3.05, 3.63) is 36.1 Å². The second kappa shape index (κ2) is 10.3. The van der Waals surface area contributed by atoms with Gasteiger partial charge in [0.15, 0.2) is 5.76 Å². The van der Waals surface area contributed by atoms with Crippen molar-refractivity contribution in [2.24, 2.45) is 0 Å². The van der Waals surface area contributed by atoms with Gasteiger partial charge in [-0.05, 0) is 30.3 Å². The van der Waals surface area contributed by atoms with Crippen LogP contribution in [0.4, 0.5) is 11.4 Å². The number of nitrogens with two attached hydrogens (primary N) is 2. The Hall–Kier alpha value is -2.96. The summed E-state index contributed by atoms with van der Waals surface area (Å²) in [6, 6.07) is 8.26. The molecule has 2 aromatic rings. The average Bonchev–Trinajstić information content (AvgIpc) is 3.20. The molecule has 7 heteroatoms. The maximum Gasteiger partial charge on any atom is 0.287 e. The van der Waals surface area contributed by atoms with Gasteiger partial charge in [0.2, 0.25) is 5.91 Å². The first-order chi connectivity index (χ1) is 13.0. The predicted molar refractivity (Wildman–Crippen MR) is 107 cm³/mol. The molecule has 0 spiro atoms. The first kappa shape index (κ1) is 20.4. The van der Waals surface area contributed by atoms with Crippen LogP contribution in [0.15, 0.2) is 34.7 Å². The van der Waals surface area contributed by atoms with Crippen molar-refractivity contribution in [2.75, 3.05) is 25.1 Å². The molecule has 146 valence electrons. The van der Waals surface area contributed by atoms with E-state index in [1.165, 1.54) is 51.6 Å². The minimum atomic E-state index is -0.465. The molecule has 0 radical (unpaired) electrons. The van der Waals surface area contributed by atoms with Gasteiger partial charge in [0.25, 0.3) is 5.91 Å². The standard InChI is InChI=1S/C14H16N4O3.C6H12/c1-17-13(19)7-18-14(20)12-5-4-11(21-12)8-2-3-9(15)10(16)6-8;1-2-4-6-5-3-1/h2-6H,7,15-16H2,1H3,(H,17,19)(H,18,20);1-6H2. The predicted octanol–water partition coefficient (Wildman–Crippen LogP) is 2.93. The molecule has 0 bridgehead atoms. The normalized spacial score (nSPS) is 13.2. The quantitative estimate of drug-likeness (QED) is 0.614. The second-order valence-electron chi connectivity index (χ2n) is 6.48. The van der Waals surface area contributed by atoms with Gasteiger partial charge in [0, 0.05) is 12.6 Å². The van der Waals surface area contributed by atoms with Gasteiger partial charge >= 0.3 is 0 Å². The molecule has 2 amide bonds. The highest BCUT2D eigenvalue weighted by Gasteiger charge is 2.13. The number of nitrogens with one attached hydrogen (secondary N) is 2. The van der Waals surface area contributed by atoms with E-state index in [0.717, 1.165) is 0 Å². The van der Waals surface area contributed by atoms with Gasteiger partial charge in [0.1, 0.15) is 5.76 Å². The SMILES string of the molecule is C1CCCCC1.CNC(=O)CNC(=O)c1ccc(-c2ccc(N)c(N)c2)o1. The fourth-order valence-electron chi connectivity index (χ4n) is 2.74. The highest BCUT2D eigenvalue weighted by atomic mass is 16.3. The summed E-state index contributed by atoms with van der Waals surface area (Å²) in [6.45, 7) is -0.111. The van der Waals surface area contributed by atoms with Gasteiger partial charge in [0.05, 0.1) is 17.9 Å². The largest absolute Gasteiger partial charge is 0.451 e. The summed E-state index contributed by atoms with van der Waals surface area (Å²) in [6.07, 6.45) is 9.00. The third-order valence-corrected chi connectivity index (χ3v) is 4.39. The van der Waals surface area contributed by atoms with Crippen LogP contribution in [0.3, 0.4) is 0 Å². The summed E-state index contributed by atoms with van der Waals surface area (Å²) in [7, 11) is 1.49. The Labute approximate surface area is 159 Å². The van der Waals surface area contributed by atoms with Crippen molar-refractivity contribution in [3.63, 3.8) is 0 Å². The lowest BCUT2D eigenvalue weighted by Gasteiger charge is -2.05. The highest BCUT2D eigenvalue weighted by Crippen LogP contribution is 2.26. The molecule has 6 N–H and O–H groups in total. The number of nitrogen functional groups attached to an aromatic ring is 2. The maximum atomic E-state index is 11.8. The van der Waals surface area contributed by atoms with Crippen LogP contribution in [0.2, 0.25) is 0 Å². The van der Waals surface area contributed by atoms with Crippen LogP contribution in [0.25, 0.3) is 11.3 Å². The Balaban J connectivity index is 0.000000369. The van der Waals surface area contributed by atoms with E-state index in [2.05, 4.69) is 10.6 Å². The average molecular weight is 372 g/mol. The number of anilines is 2. The third kappa shape index (κ3) is 6.36. The number of hydrogen-bond acceptors (Lipinski definition) is 5. The summed E-state index contributed by atoms with van der Waals surface area (Å²) in [5.74, 6) is -0.147. The van der Waals surface area contributed by atoms with Crippen LogP contribution in [-0.4, -0.2) is 25.4 Å². The van der Waals surface area contributed by atoms with Crippen LogP contribution in [0, 0.1) is 0 Å². The summed E-state index contributed by atoms with van der Waals surface area (Å²) in [4.78, 5) is 22.9. The Morgan fingerprint density at radius 2 is 1.59 bits per heavy atom. The molecule has 0 aliphatic heterocycles. The zero-order chi connectivity index (χ0) is 19.6. The summed E-state index contributed by atoms with van der Waals surface area (Å²) >= 11 is 0. The highest BCUT2D eigenvalue weighted by molar-refractivity contribution is 5.94. The lowest BCUT2D eigenvalue weighted by atomic mass is 10.0. The lowest BCUT2D eigenvalue weighted by Crippen LogP contribution is -2.34. The number of carbonyl (C=O) groups is 2. The smallest absolute Gasteiger partial charge is 0.287 e. The lowest BCUT2D eigenvalue weighted by molar-refractivity contribution is -0.119. The molecule has 3 rings (SSSR count). The molecule has 1 fully saturated rings. The van der Waals surface area contributed by atoms with E-state index in [1.54, 1.807) is 24.3 Å². The number of likely N-dealkylation sites (N-methyl/N-ethyl adjacent to an activating group) is 1. The van der Waals surface area contributed by atoms with Gasteiger partial charge in [-0.25, -0.2) is 0 Å². The Morgan fingerprint density at radius 3 is 2.15 bits per heavy atom. The molecule has 7 nitrogen and oxygen atoms in total. The van der Waals surface area contributed by atoms with E-state index in [4.69, 9.17) is 15.9 Å².